The highest BCUT2D eigenvalue weighted by atomic mass is 32.2. The first kappa shape index (κ1) is 18.3. The zero-order chi connectivity index (χ0) is 19.7. The minimum absolute atomic E-state index is 0.0000684. The molecule has 28 heavy (non-hydrogen) atoms. The number of hydrogen-bond acceptors (Lipinski definition) is 5. The van der Waals surface area contributed by atoms with Crippen molar-refractivity contribution in [1.82, 2.24) is 4.31 Å². The molecule has 7 heteroatoms. The molecule has 6 nitrogen and oxygen atoms in total. The van der Waals surface area contributed by atoms with Gasteiger partial charge < -0.3 is 15.2 Å². The molecule has 2 N–H and O–H groups in total. The molecule has 0 aromatic heterocycles. The lowest BCUT2D eigenvalue weighted by atomic mass is 10.1. The number of hydrogen-bond donors (Lipinski definition) is 2. The van der Waals surface area contributed by atoms with Gasteiger partial charge in [-0.15, -0.1) is 0 Å². The topological polar surface area (TPSA) is 78.9 Å². The average Bonchev–Trinajstić information content (AvgIpc) is 2.71. The summed E-state index contributed by atoms with van der Waals surface area (Å²) in [5.41, 5.74) is 2.09. The van der Waals surface area contributed by atoms with Crippen molar-refractivity contribution in [3.63, 3.8) is 0 Å². The first-order valence-corrected chi connectivity index (χ1v) is 10.2. The summed E-state index contributed by atoms with van der Waals surface area (Å²) >= 11 is 0. The van der Waals surface area contributed by atoms with Gasteiger partial charge in [-0.1, -0.05) is 48.5 Å². The van der Waals surface area contributed by atoms with Gasteiger partial charge in [-0.3, -0.25) is 0 Å². The van der Waals surface area contributed by atoms with Crippen molar-refractivity contribution in [2.75, 3.05) is 12.4 Å². The highest BCUT2D eigenvalue weighted by Gasteiger charge is 2.39. The molecule has 0 bridgehead atoms. The predicted octanol–water partition coefficient (Wildman–Crippen LogP) is 3.72. The molecule has 144 valence electrons. The van der Waals surface area contributed by atoms with Gasteiger partial charge in [0.2, 0.25) is 10.0 Å². The Labute approximate surface area is 164 Å². The maximum absolute atomic E-state index is 13.4. The van der Waals surface area contributed by atoms with Crippen LogP contribution < -0.4 is 10.1 Å². The van der Waals surface area contributed by atoms with E-state index in [2.05, 4.69) is 5.32 Å². The van der Waals surface area contributed by atoms with Crippen LogP contribution in [-0.2, 0) is 16.6 Å². The van der Waals surface area contributed by atoms with E-state index in [1.165, 1.54) is 17.5 Å². The van der Waals surface area contributed by atoms with E-state index in [1.54, 1.807) is 36.4 Å². The molecule has 0 aliphatic carbocycles. The summed E-state index contributed by atoms with van der Waals surface area (Å²) < 4.78 is 33.5. The van der Waals surface area contributed by atoms with Crippen LogP contribution in [0.25, 0.3) is 0 Å². The number of phenols is 1. The number of anilines is 1. The van der Waals surface area contributed by atoms with Crippen LogP contribution >= 0.6 is 0 Å². The second kappa shape index (κ2) is 7.18. The van der Waals surface area contributed by atoms with Gasteiger partial charge in [0, 0.05) is 6.54 Å². The van der Waals surface area contributed by atoms with E-state index in [0.29, 0.717) is 11.3 Å². The fourth-order valence-electron chi connectivity index (χ4n) is 3.35. The number of para-hydroxylation sites is 1. The Kier molecular flexibility index (Phi) is 4.70. The minimum Gasteiger partial charge on any atom is -0.504 e. The van der Waals surface area contributed by atoms with E-state index in [1.807, 2.05) is 30.3 Å². The number of ether oxygens (including phenoxy) is 1. The van der Waals surface area contributed by atoms with Crippen LogP contribution in [-0.4, -0.2) is 24.9 Å². The zero-order valence-electron chi connectivity index (χ0n) is 15.2. The summed E-state index contributed by atoms with van der Waals surface area (Å²) in [6.07, 6.45) is -0.644. The number of aromatic hydroxyl groups is 1. The molecular weight excluding hydrogens is 376 g/mol. The number of phenolic OH excluding ortho intramolecular Hbond substituents is 1. The van der Waals surface area contributed by atoms with Crippen molar-refractivity contribution < 1.29 is 18.3 Å². The fourth-order valence-corrected chi connectivity index (χ4v) is 5.03. The smallest absolute Gasteiger partial charge is 0.247 e. The van der Waals surface area contributed by atoms with Crippen molar-refractivity contribution in [2.24, 2.45) is 0 Å². The number of methoxy groups -OCH3 is 1. The number of rotatable bonds is 4. The number of fused-ring (bicyclic) bond motifs is 1. The minimum atomic E-state index is -3.74. The lowest BCUT2D eigenvalue weighted by molar-refractivity contribution is 0.332. The highest BCUT2D eigenvalue weighted by molar-refractivity contribution is 7.89. The molecule has 0 saturated heterocycles. The molecule has 1 aliphatic rings. The van der Waals surface area contributed by atoms with Crippen LogP contribution in [0.4, 0.5) is 5.69 Å². The Morgan fingerprint density at radius 2 is 1.75 bits per heavy atom. The van der Waals surface area contributed by atoms with Crippen molar-refractivity contribution in [2.45, 2.75) is 17.6 Å². The first-order chi connectivity index (χ1) is 13.5. The van der Waals surface area contributed by atoms with E-state index in [4.69, 9.17) is 4.74 Å². The summed E-state index contributed by atoms with van der Waals surface area (Å²) in [5.74, 6) is 0.287. The van der Waals surface area contributed by atoms with E-state index in [-0.39, 0.29) is 22.9 Å². The van der Waals surface area contributed by atoms with Gasteiger partial charge in [0.25, 0.3) is 0 Å². The maximum atomic E-state index is 13.4. The molecule has 0 spiro atoms. The summed E-state index contributed by atoms with van der Waals surface area (Å²) in [4.78, 5) is 0.243. The van der Waals surface area contributed by atoms with E-state index < -0.39 is 16.2 Å². The number of benzene rings is 3. The Bertz CT molecular complexity index is 1100. The van der Waals surface area contributed by atoms with Gasteiger partial charge in [0.1, 0.15) is 11.1 Å². The van der Waals surface area contributed by atoms with Crippen LogP contribution in [0.5, 0.6) is 11.5 Å². The van der Waals surface area contributed by atoms with Crippen LogP contribution in [0.1, 0.15) is 17.3 Å². The number of nitrogens with zero attached hydrogens (tertiary/aromatic N) is 1. The Morgan fingerprint density at radius 1 is 1.04 bits per heavy atom. The summed E-state index contributed by atoms with van der Waals surface area (Å²) in [6.45, 7) is 0.207. The summed E-state index contributed by atoms with van der Waals surface area (Å²) in [5, 5.41) is 13.2. The summed E-state index contributed by atoms with van der Waals surface area (Å²) in [7, 11) is -2.28. The molecular formula is C21H20N2O4S. The quantitative estimate of drug-likeness (QED) is 0.703. The molecule has 0 amide bonds. The van der Waals surface area contributed by atoms with Crippen LogP contribution in [0.15, 0.2) is 77.7 Å². The molecule has 1 unspecified atom stereocenters. The van der Waals surface area contributed by atoms with Gasteiger partial charge >= 0.3 is 0 Å². The van der Waals surface area contributed by atoms with Gasteiger partial charge in [0.15, 0.2) is 11.5 Å². The van der Waals surface area contributed by atoms with E-state index >= 15 is 0 Å². The van der Waals surface area contributed by atoms with Crippen molar-refractivity contribution in [3.05, 3.63) is 83.9 Å². The van der Waals surface area contributed by atoms with Crippen LogP contribution in [0, 0.1) is 0 Å². The molecule has 1 atom stereocenters. The van der Waals surface area contributed by atoms with Gasteiger partial charge in [-0.25, -0.2) is 8.42 Å². The predicted molar refractivity (Wildman–Crippen MR) is 107 cm³/mol. The third kappa shape index (κ3) is 3.19. The molecule has 0 fully saturated rings. The number of sulfonamides is 1. The van der Waals surface area contributed by atoms with E-state index in [9.17, 15) is 13.5 Å². The Balaban J connectivity index is 1.84. The second-order valence-electron chi connectivity index (χ2n) is 6.51. The largest absolute Gasteiger partial charge is 0.504 e. The Hall–Kier alpha value is -3.03. The lowest BCUT2D eigenvalue weighted by Crippen LogP contribution is -2.42. The first-order valence-electron chi connectivity index (χ1n) is 8.79. The normalized spacial score (nSPS) is 18.1. The molecule has 1 aliphatic heterocycles. The van der Waals surface area contributed by atoms with Gasteiger partial charge in [0.05, 0.1) is 12.8 Å². The molecule has 0 radical (unpaired) electrons. The zero-order valence-corrected chi connectivity index (χ0v) is 16.1. The van der Waals surface area contributed by atoms with Crippen LogP contribution in [0.2, 0.25) is 0 Å². The monoisotopic (exact) mass is 396 g/mol. The Morgan fingerprint density at radius 3 is 2.50 bits per heavy atom. The van der Waals surface area contributed by atoms with Gasteiger partial charge in [-0.2, -0.15) is 4.31 Å². The average molecular weight is 396 g/mol. The van der Waals surface area contributed by atoms with Crippen molar-refractivity contribution in [1.29, 1.82) is 0 Å². The molecule has 1 heterocycles. The molecule has 4 rings (SSSR count). The number of nitrogens with one attached hydrogen (secondary N) is 1. The molecule has 0 saturated carbocycles. The third-order valence-corrected chi connectivity index (χ3v) is 6.62. The molecule has 3 aromatic rings. The fraction of sp³-hybridized carbons (Fsp3) is 0.143. The van der Waals surface area contributed by atoms with Crippen molar-refractivity contribution in [3.8, 4) is 11.5 Å². The second-order valence-corrected chi connectivity index (χ2v) is 8.37. The highest BCUT2D eigenvalue weighted by Crippen LogP contribution is 2.40. The SMILES string of the molecule is COc1cc(C2Nc3ccccc3S(=O)(=O)N2Cc2ccccc2)ccc1O. The van der Waals surface area contributed by atoms with Crippen molar-refractivity contribution >= 4 is 15.7 Å². The lowest BCUT2D eigenvalue weighted by Gasteiger charge is -2.37. The summed E-state index contributed by atoms with van der Waals surface area (Å²) in [6, 6.07) is 21.1. The standard InChI is InChI=1S/C21H20N2O4S/c1-27-19-13-16(11-12-18(19)24)21-22-17-9-5-6-10-20(17)28(25,26)23(21)14-15-7-3-2-4-8-15/h2-13,21-22,24H,14H2,1H3. The van der Waals surface area contributed by atoms with E-state index in [0.717, 1.165) is 5.56 Å². The third-order valence-electron chi connectivity index (χ3n) is 4.75. The van der Waals surface area contributed by atoms with Gasteiger partial charge in [-0.05, 0) is 35.4 Å². The molecule has 3 aromatic carbocycles. The maximum Gasteiger partial charge on any atom is 0.247 e. The van der Waals surface area contributed by atoms with Crippen LogP contribution in [0.3, 0.4) is 0 Å².